The molecule has 1 amide bonds. The number of ether oxygens (including phenoxy) is 1. The summed E-state index contributed by atoms with van der Waals surface area (Å²) in [5.74, 6) is 1.07. The predicted molar refractivity (Wildman–Crippen MR) is 67.1 cm³/mol. The molecule has 0 aromatic heterocycles. The number of anilines is 1. The third kappa shape index (κ3) is 2.13. The molecule has 1 unspecified atom stereocenters. The largest absolute Gasteiger partial charge is 0.482 e. The van der Waals surface area contributed by atoms with Gasteiger partial charge in [0, 0.05) is 13.1 Å². The molecule has 4 heteroatoms. The van der Waals surface area contributed by atoms with Crippen LogP contribution in [-0.2, 0) is 4.79 Å². The molecule has 1 atom stereocenters. The van der Waals surface area contributed by atoms with E-state index in [0.29, 0.717) is 5.92 Å². The van der Waals surface area contributed by atoms with E-state index in [2.05, 4.69) is 13.8 Å². The van der Waals surface area contributed by atoms with Crippen molar-refractivity contribution in [3.8, 4) is 5.75 Å². The molecular formula is C13H18N2O2. The maximum Gasteiger partial charge on any atom is 0.264 e. The highest BCUT2D eigenvalue weighted by Crippen LogP contribution is 2.34. The van der Waals surface area contributed by atoms with Crippen molar-refractivity contribution >= 4 is 11.6 Å². The van der Waals surface area contributed by atoms with Crippen LogP contribution < -0.4 is 15.4 Å². The van der Waals surface area contributed by atoms with Crippen LogP contribution in [0.25, 0.3) is 0 Å². The first-order valence-corrected chi connectivity index (χ1v) is 5.79. The molecule has 92 valence electrons. The first-order valence-electron chi connectivity index (χ1n) is 5.79. The van der Waals surface area contributed by atoms with Gasteiger partial charge < -0.3 is 15.4 Å². The SMILES string of the molecule is CC(C)C(N)c1ccc2c(c1)N(C)C(=O)CO2. The van der Waals surface area contributed by atoms with E-state index < -0.39 is 0 Å². The third-order valence-corrected chi connectivity index (χ3v) is 3.17. The third-order valence-electron chi connectivity index (χ3n) is 3.17. The Bertz CT molecular complexity index is 443. The summed E-state index contributed by atoms with van der Waals surface area (Å²) in [6.07, 6.45) is 0. The second kappa shape index (κ2) is 4.37. The highest BCUT2D eigenvalue weighted by atomic mass is 16.5. The molecule has 2 rings (SSSR count). The van der Waals surface area contributed by atoms with Crippen molar-refractivity contribution in [1.29, 1.82) is 0 Å². The minimum Gasteiger partial charge on any atom is -0.482 e. The number of fused-ring (bicyclic) bond motifs is 1. The summed E-state index contributed by atoms with van der Waals surface area (Å²) in [6.45, 7) is 4.27. The summed E-state index contributed by atoms with van der Waals surface area (Å²) in [7, 11) is 1.76. The molecule has 0 bridgehead atoms. The van der Waals surface area contributed by atoms with Gasteiger partial charge in [0.05, 0.1) is 5.69 Å². The summed E-state index contributed by atoms with van der Waals surface area (Å²) in [6, 6.07) is 5.77. The summed E-state index contributed by atoms with van der Waals surface area (Å²) in [5.41, 5.74) is 7.94. The second-order valence-corrected chi connectivity index (χ2v) is 4.74. The number of nitrogens with two attached hydrogens (primary N) is 1. The molecular weight excluding hydrogens is 216 g/mol. The number of nitrogens with zero attached hydrogens (tertiary/aromatic N) is 1. The van der Waals surface area contributed by atoms with E-state index in [1.165, 1.54) is 0 Å². The summed E-state index contributed by atoms with van der Waals surface area (Å²) in [4.78, 5) is 13.2. The first kappa shape index (κ1) is 11.9. The average Bonchev–Trinajstić information content (AvgIpc) is 2.32. The summed E-state index contributed by atoms with van der Waals surface area (Å²) >= 11 is 0. The number of benzene rings is 1. The van der Waals surface area contributed by atoms with E-state index >= 15 is 0 Å². The molecule has 4 nitrogen and oxygen atoms in total. The van der Waals surface area contributed by atoms with Crippen molar-refractivity contribution in [2.75, 3.05) is 18.6 Å². The van der Waals surface area contributed by atoms with E-state index in [0.717, 1.165) is 17.0 Å². The minimum atomic E-state index is -0.0345. The van der Waals surface area contributed by atoms with Gasteiger partial charge in [-0.15, -0.1) is 0 Å². The van der Waals surface area contributed by atoms with Gasteiger partial charge in [0.15, 0.2) is 6.61 Å². The highest BCUT2D eigenvalue weighted by molar-refractivity contribution is 5.97. The quantitative estimate of drug-likeness (QED) is 0.847. The van der Waals surface area contributed by atoms with Gasteiger partial charge in [-0.2, -0.15) is 0 Å². The molecule has 0 radical (unpaired) electrons. The van der Waals surface area contributed by atoms with Gasteiger partial charge in [-0.1, -0.05) is 19.9 Å². The van der Waals surface area contributed by atoms with Crippen LogP contribution in [0.2, 0.25) is 0 Å². The molecule has 1 aliphatic rings. The Morgan fingerprint density at radius 3 is 2.76 bits per heavy atom. The van der Waals surface area contributed by atoms with Crippen LogP contribution in [0.15, 0.2) is 18.2 Å². The molecule has 1 aliphatic heterocycles. The molecule has 1 aromatic carbocycles. The Morgan fingerprint density at radius 1 is 1.41 bits per heavy atom. The Morgan fingerprint density at radius 2 is 2.12 bits per heavy atom. The van der Waals surface area contributed by atoms with E-state index in [9.17, 15) is 4.79 Å². The maximum atomic E-state index is 11.5. The van der Waals surface area contributed by atoms with Crippen molar-refractivity contribution < 1.29 is 9.53 Å². The second-order valence-electron chi connectivity index (χ2n) is 4.74. The number of amides is 1. The molecule has 1 aromatic rings. The van der Waals surface area contributed by atoms with Crippen molar-refractivity contribution in [3.05, 3.63) is 23.8 Å². The molecule has 2 N–H and O–H groups in total. The monoisotopic (exact) mass is 234 g/mol. The molecule has 17 heavy (non-hydrogen) atoms. The van der Waals surface area contributed by atoms with Crippen LogP contribution in [0.5, 0.6) is 5.75 Å². The highest BCUT2D eigenvalue weighted by Gasteiger charge is 2.23. The summed E-state index contributed by atoms with van der Waals surface area (Å²) < 4.78 is 5.37. The Kier molecular flexibility index (Phi) is 3.07. The van der Waals surface area contributed by atoms with E-state index in [1.807, 2.05) is 18.2 Å². The topological polar surface area (TPSA) is 55.6 Å². The number of likely N-dealkylation sites (N-methyl/N-ethyl adjacent to an activating group) is 1. The fourth-order valence-electron chi connectivity index (χ4n) is 1.88. The lowest BCUT2D eigenvalue weighted by atomic mass is 9.96. The molecule has 0 fully saturated rings. The molecule has 0 saturated heterocycles. The zero-order valence-corrected chi connectivity index (χ0v) is 10.4. The number of rotatable bonds is 2. The normalized spacial score (nSPS) is 16.8. The Hall–Kier alpha value is -1.55. The predicted octanol–water partition coefficient (Wildman–Crippen LogP) is 1.70. The zero-order chi connectivity index (χ0) is 12.6. The van der Waals surface area contributed by atoms with Crippen molar-refractivity contribution in [1.82, 2.24) is 0 Å². The van der Waals surface area contributed by atoms with E-state index in [-0.39, 0.29) is 18.6 Å². The van der Waals surface area contributed by atoms with Crippen LogP contribution in [-0.4, -0.2) is 19.6 Å². The fourth-order valence-corrected chi connectivity index (χ4v) is 1.88. The standard InChI is InChI=1S/C13H18N2O2/c1-8(2)13(14)9-4-5-11-10(6-9)15(3)12(16)7-17-11/h4-6,8,13H,7,14H2,1-3H3. The van der Waals surface area contributed by atoms with Gasteiger partial charge in [-0.05, 0) is 23.6 Å². The molecule has 1 heterocycles. The van der Waals surface area contributed by atoms with Gasteiger partial charge in [0.2, 0.25) is 0 Å². The van der Waals surface area contributed by atoms with Gasteiger partial charge in [0.1, 0.15) is 5.75 Å². The van der Waals surface area contributed by atoms with Crippen LogP contribution >= 0.6 is 0 Å². The van der Waals surface area contributed by atoms with Crippen LogP contribution in [0.4, 0.5) is 5.69 Å². The van der Waals surface area contributed by atoms with Gasteiger partial charge >= 0.3 is 0 Å². The lowest BCUT2D eigenvalue weighted by Gasteiger charge is -2.27. The zero-order valence-electron chi connectivity index (χ0n) is 10.4. The molecule has 0 saturated carbocycles. The molecule has 0 aliphatic carbocycles. The number of hydrogen-bond acceptors (Lipinski definition) is 3. The van der Waals surface area contributed by atoms with Crippen LogP contribution in [0.1, 0.15) is 25.5 Å². The van der Waals surface area contributed by atoms with Crippen molar-refractivity contribution in [2.45, 2.75) is 19.9 Å². The minimum absolute atomic E-state index is 0.0225. The fraction of sp³-hybridized carbons (Fsp3) is 0.462. The number of hydrogen-bond donors (Lipinski definition) is 1. The Balaban J connectivity index is 2.39. The summed E-state index contributed by atoms with van der Waals surface area (Å²) in [5, 5.41) is 0. The van der Waals surface area contributed by atoms with Crippen molar-refractivity contribution in [3.63, 3.8) is 0 Å². The van der Waals surface area contributed by atoms with E-state index in [4.69, 9.17) is 10.5 Å². The lowest BCUT2D eigenvalue weighted by Crippen LogP contribution is -2.35. The molecule has 0 spiro atoms. The lowest BCUT2D eigenvalue weighted by molar-refractivity contribution is -0.120. The smallest absolute Gasteiger partial charge is 0.264 e. The van der Waals surface area contributed by atoms with Crippen molar-refractivity contribution in [2.24, 2.45) is 11.7 Å². The number of carbonyl (C=O) groups excluding carboxylic acids is 1. The van der Waals surface area contributed by atoms with E-state index in [1.54, 1.807) is 11.9 Å². The van der Waals surface area contributed by atoms with Gasteiger partial charge in [-0.25, -0.2) is 0 Å². The van der Waals surface area contributed by atoms with Gasteiger partial charge in [-0.3, -0.25) is 4.79 Å². The maximum absolute atomic E-state index is 11.5. The number of carbonyl (C=O) groups is 1. The first-order chi connectivity index (χ1) is 8.00. The van der Waals surface area contributed by atoms with Gasteiger partial charge in [0.25, 0.3) is 5.91 Å². The van der Waals surface area contributed by atoms with Crippen LogP contribution in [0, 0.1) is 5.92 Å². The Labute approximate surface area is 101 Å². The van der Waals surface area contributed by atoms with Crippen LogP contribution in [0.3, 0.4) is 0 Å². The average molecular weight is 234 g/mol.